The van der Waals surface area contributed by atoms with Crippen LogP contribution in [0.3, 0.4) is 0 Å². The van der Waals surface area contributed by atoms with Gasteiger partial charge in [-0.15, -0.1) is 0 Å². The van der Waals surface area contributed by atoms with Crippen LogP contribution in [0.1, 0.15) is 0 Å². The van der Waals surface area contributed by atoms with Gasteiger partial charge in [0.25, 0.3) is 0 Å². The highest BCUT2D eigenvalue weighted by Crippen LogP contribution is 2.28. The number of sulfonamides is 1. The predicted molar refractivity (Wildman–Crippen MR) is 83.1 cm³/mol. The Kier molecular flexibility index (Phi) is 4.06. The average molecular weight is 307 g/mol. The largest absolute Gasteiger partial charge is 0.457 e. The van der Waals surface area contributed by atoms with Crippen LogP contribution in [0.2, 0.25) is 0 Å². The lowest BCUT2D eigenvalue weighted by Gasteiger charge is -2.14. The Bertz CT molecular complexity index is 758. The highest BCUT2D eigenvalue weighted by molar-refractivity contribution is 7.89. The van der Waals surface area contributed by atoms with Crippen LogP contribution < -0.4 is 20.5 Å². The van der Waals surface area contributed by atoms with Gasteiger partial charge >= 0.3 is 0 Å². The Balaban J connectivity index is 2.29. The monoisotopic (exact) mass is 307 g/mol. The van der Waals surface area contributed by atoms with Crippen LogP contribution >= 0.6 is 0 Å². The van der Waals surface area contributed by atoms with Gasteiger partial charge in [0.15, 0.2) is 0 Å². The lowest BCUT2D eigenvalue weighted by molar-refractivity contribution is 0.482. The normalized spacial score (nSPS) is 11.2. The van der Waals surface area contributed by atoms with E-state index in [9.17, 15) is 8.42 Å². The molecule has 2 rings (SSSR count). The summed E-state index contributed by atoms with van der Waals surface area (Å²) in [5.41, 5.74) is 6.73. The van der Waals surface area contributed by atoms with E-state index in [0.717, 1.165) is 5.69 Å². The van der Waals surface area contributed by atoms with Crippen molar-refractivity contribution in [3.05, 3.63) is 42.5 Å². The summed E-state index contributed by atoms with van der Waals surface area (Å²) >= 11 is 0. The second-order valence-electron chi connectivity index (χ2n) is 4.74. The molecular weight excluding hydrogens is 290 g/mol. The van der Waals surface area contributed by atoms with Crippen molar-refractivity contribution in [3.8, 4) is 11.5 Å². The van der Waals surface area contributed by atoms with Crippen LogP contribution in [0.25, 0.3) is 0 Å². The number of rotatable bonds is 4. The molecule has 112 valence electrons. The third kappa shape index (κ3) is 3.65. The predicted octanol–water partition coefficient (Wildman–Crippen LogP) is 1.77. The summed E-state index contributed by atoms with van der Waals surface area (Å²) in [7, 11) is 0.0289. The molecule has 0 atom stereocenters. The van der Waals surface area contributed by atoms with Gasteiger partial charge in [0, 0.05) is 31.9 Å². The van der Waals surface area contributed by atoms with Crippen LogP contribution in [0.5, 0.6) is 11.5 Å². The number of nitrogen functional groups attached to an aromatic ring is 1. The molecular formula is C14H17N3O3S. The molecule has 0 heterocycles. The summed E-state index contributed by atoms with van der Waals surface area (Å²) in [5.74, 6) is 1.07. The van der Waals surface area contributed by atoms with E-state index in [2.05, 4.69) is 0 Å². The lowest BCUT2D eigenvalue weighted by atomic mass is 10.2. The molecule has 0 aromatic heterocycles. The molecule has 2 aromatic rings. The van der Waals surface area contributed by atoms with E-state index in [0.29, 0.717) is 11.5 Å². The summed E-state index contributed by atoms with van der Waals surface area (Å²) in [6.07, 6.45) is 0. The van der Waals surface area contributed by atoms with Crippen LogP contribution in [-0.4, -0.2) is 22.5 Å². The molecule has 21 heavy (non-hydrogen) atoms. The fourth-order valence-corrected chi connectivity index (χ4v) is 2.46. The highest BCUT2D eigenvalue weighted by Gasteiger charge is 2.13. The molecule has 7 heteroatoms. The zero-order valence-electron chi connectivity index (χ0n) is 11.8. The highest BCUT2D eigenvalue weighted by atomic mass is 32.2. The lowest BCUT2D eigenvalue weighted by Crippen LogP contribution is -2.14. The summed E-state index contributed by atoms with van der Waals surface area (Å²) < 4.78 is 28.3. The maximum Gasteiger partial charge on any atom is 0.240 e. The fraction of sp³-hybridized carbons (Fsp3) is 0.143. The molecule has 2 aromatic carbocycles. The topological polar surface area (TPSA) is 98.6 Å². The van der Waals surface area contributed by atoms with Crippen LogP contribution in [0, 0.1) is 0 Å². The van der Waals surface area contributed by atoms with E-state index in [1.54, 1.807) is 6.07 Å². The molecule has 0 spiro atoms. The Morgan fingerprint density at radius 1 is 1.05 bits per heavy atom. The number of nitrogens with zero attached hydrogens (tertiary/aromatic N) is 1. The van der Waals surface area contributed by atoms with E-state index in [1.807, 2.05) is 37.2 Å². The molecule has 0 unspecified atom stereocenters. The number of nitrogens with two attached hydrogens (primary N) is 2. The Morgan fingerprint density at radius 2 is 1.71 bits per heavy atom. The van der Waals surface area contributed by atoms with Crippen LogP contribution in [0.15, 0.2) is 47.4 Å². The Morgan fingerprint density at radius 3 is 2.29 bits per heavy atom. The van der Waals surface area contributed by atoms with Crippen molar-refractivity contribution in [2.45, 2.75) is 4.90 Å². The van der Waals surface area contributed by atoms with Crippen molar-refractivity contribution in [2.75, 3.05) is 24.7 Å². The molecule has 0 saturated heterocycles. The molecule has 0 amide bonds. The van der Waals surface area contributed by atoms with E-state index in [4.69, 9.17) is 15.6 Å². The number of anilines is 2. The van der Waals surface area contributed by atoms with Crippen molar-refractivity contribution in [2.24, 2.45) is 5.14 Å². The Labute approximate surface area is 124 Å². The maximum absolute atomic E-state index is 11.3. The van der Waals surface area contributed by atoms with E-state index in [1.165, 1.54) is 18.2 Å². The minimum absolute atomic E-state index is 0.0544. The standard InChI is InChI=1S/C14H17N3O3S/c1-17(2)10-4-3-5-11(8-10)20-12-6-7-14(13(15)9-12)21(16,18)19/h3-9H,15H2,1-2H3,(H2,16,18,19). The molecule has 0 aliphatic heterocycles. The number of ether oxygens (including phenoxy) is 1. The Hall–Kier alpha value is -2.25. The van der Waals surface area contributed by atoms with Crippen molar-refractivity contribution < 1.29 is 13.2 Å². The van der Waals surface area contributed by atoms with Gasteiger partial charge in [0.1, 0.15) is 16.4 Å². The zero-order chi connectivity index (χ0) is 15.6. The summed E-state index contributed by atoms with van der Waals surface area (Å²) in [5, 5.41) is 5.06. The molecule has 0 saturated carbocycles. The van der Waals surface area contributed by atoms with Gasteiger partial charge in [-0.3, -0.25) is 0 Å². The number of hydrogen-bond acceptors (Lipinski definition) is 5. The first-order valence-electron chi connectivity index (χ1n) is 6.15. The van der Waals surface area contributed by atoms with E-state index >= 15 is 0 Å². The minimum atomic E-state index is -3.83. The molecule has 4 N–H and O–H groups in total. The summed E-state index contributed by atoms with van der Waals surface area (Å²) in [6.45, 7) is 0. The molecule has 6 nitrogen and oxygen atoms in total. The SMILES string of the molecule is CN(C)c1cccc(Oc2ccc(S(N)(=O)=O)c(N)c2)c1. The summed E-state index contributed by atoms with van der Waals surface area (Å²) in [4.78, 5) is 1.84. The molecule has 0 aliphatic rings. The van der Waals surface area contributed by atoms with Gasteiger partial charge in [0.2, 0.25) is 10.0 Å². The van der Waals surface area contributed by atoms with E-state index < -0.39 is 10.0 Å². The fourth-order valence-electron chi connectivity index (χ4n) is 1.81. The molecule has 0 fully saturated rings. The average Bonchev–Trinajstić information content (AvgIpc) is 2.37. The van der Waals surface area contributed by atoms with Crippen LogP contribution in [-0.2, 0) is 10.0 Å². The van der Waals surface area contributed by atoms with Gasteiger partial charge < -0.3 is 15.4 Å². The van der Waals surface area contributed by atoms with Gasteiger partial charge in [-0.2, -0.15) is 0 Å². The number of benzene rings is 2. The molecule has 0 bridgehead atoms. The second-order valence-corrected chi connectivity index (χ2v) is 6.27. The van der Waals surface area contributed by atoms with E-state index in [-0.39, 0.29) is 10.6 Å². The number of primary sulfonamides is 1. The smallest absolute Gasteiger partial charge is 0.240 e. The first kappa shape index (κ1) is 15.1. The van der Waals surface area contributed by atoms with Crippen molar-refractivity contribution in [3.63, 3.8) is 0 Å². The van der Waals surface area contributed by atoms with Crippen molar-refractivity contribution >= 4 is 21.4 Å². The van der Waals surface area contributed by atoms with Crippen molar-refractivity contribution in [1.82, 2.24) is 0 Å². The zero-order valence-corrected chi connectivity index (χ0v) is 12.6. The third-order valence-electron chi connectivity index (χ3n) is 2.86. The summed E-state index contributed by atoms with van der Waals surface area (Å²) in [6, 6.07) is 11.8. The van der Waals surface area contributed by atoms with Crippen molar-refractivity contribution in [1.29, 1.82) is 0 Å². The first-order valence-corrected chi connectivity index (χ1v) is 7.69. The maximum atomic E-state index is 11.3. The minimum Gasteiger partial charge on any atom is -0.457 e. The first-order chi connectivity index (χ1) is 9.77. The quantitative estimate of drug-likeness (QED) is 0.839. The van der Waals surface area contributed by atoms with Gasteiger partial charge in [-0.05, 0) is 24.3 Å². The van der Waals surface area contributed by atoms with Gasteiger partial charge in [0.05, 0.1) is 5.69 Å². The van der Waals surface area contributed by atoms with Gasteiger partial charge in [-0.25, -0.2) is 13.6 Å². The van der Waals surface area contributed by atoms with Gasteiger partial charge in [-0.1, -0.05) is 6.07 Å². The van der Waals surface area contributed by atoms with Crippen LogP contribution in [0.4, 0.5) is 11.4 Å². The number of hydrogen-bond donors (Lipinski definition) is 2. The molecule has 0 radical (unpaired) electrons. The second kappa shape index (κ2) is 5.63. The third-order valence-corrected chi connectivity index (χ3v) is 3.84. The molecule has 0 aliphatic carbocycles.